The molecule has 1 fully saturated rings. The Morgan fingerprint density at radius 2 is 2.19 bits per heavy atom. The number of benzene rings is 1. The van der Waals surface area contributed by atoms with E-state index in [2.05, 4.69) is 5.32 Å². The summed E-state index contributed by atoms with van der Waals surface area (Å²) in [6.45, 7) is 0.612. The van der Waals surface area contributed by atoms with Gasteiger partial charge in [-0.3, -0.25) is 4.79 Å². The highest BCUT2D eigenvalue weighted by atomic mass is 16.5. The SMILES string of the molecule is COC1(c2ccccc2)CNC(C(N)=O)C1. The van der Waals surface area contributed by atoms with Crippen molar-refractivity contribution in [2.24, 2.45) is 5.73 Å². The first kappa shape index (κ1) is 11.1. The summed E-state index contributed by atoms with van der Waals surface area (Å²) in [5.74, 6) is -0.324. The first-order chi connectivity index (χ1) is 7.68. The lowest BCUT2D eigenvalue weighted by atomic mass is 9.91. The number of nitrogens with two attached hydrogens (primary N) is 1. The van der Waals surface area contributed by atoms with Crippen molar-refractivity contribution in [3.63, 3.8) is 0 Å². The first-order valence-corrected chi connectivity index (χ1v) is 5.31. The maximum absolute atomic E-state index is 11.1. The van der Waals surface area contributed by atoms with Crippen LogP contribution in [0.3, 0.4) is 0 Å². The molecule has 1 aromatic rings. The molecule has 0 saturated carbocycles. The number of primary amides is 1. The molecular weight excluding hydrogens is 204 g/mol. The number of amides is 1. The molecule has 0 aromatic heterocycles. The maximum Gasteiger partial charge on any atom is 0.234 e. The van der Waals surface area contributed by atoms with Crippen molar-refractivity contribution in [1.82, 2.24) is 5.32 Å². The van der Waals surface area contributed by atoms with Crippen LogP contribution in [-0.4, -0.2) is 25.6 Å². The van der Waals surface area contributed by atoms with Crippen molar-refractivity contribution in [2.75, 3.05) is 13.7 Å². The van der Waals surface area contributed by atoms with Crippen molar-refractivity contribution in [3.8, 4) is 0 Å². The number of carbonyl (C=O) groups excluding carboxylic acids is 1. The summed E-state index contributed by atoms with van der Waals surface area (Å²) in [5.41, 5.74) is 5.94. The highest BCUT2D eigenvalue weighted by Crippen LogP contribution is 2.33. The molecule has 3 N–H and O–H groups in total. The number of ether oxygens (including phenoxy) is 1. The summed E-state index contributed by atoms with van der Waals surface area (Å²) < 4.78 is 5.59. The number of hydrogen-bond donors (Lipinski definition) is 2. The highest BCUT2D eigenvalue weighted by molar-refractivity contribution is 5.80. The van der Waals surface area contributed by atoms with Crippen molar-refractivity contribution in [2.45, 2.75) is 18.1 Å². The molecule has 1 heterocycles. The summed E-state index contributed by atoms with van der Waals surface area (Å²) in [5, 5.41) is 3.10. The smallest absolute Gasteiger partial charge is 0.234 e. The van der Waals surface area contributed by atoms with Gasteiger partial charge in [0, 0.05) is 20.1 Å². The van der Waals surface area contributed by atoms with E-state index < -0.39 is 5.60 Å². The van der Waals surface area contributed by atoms with E-state index >= 15 is 0 Å². The van der Waals surface area contributed by atoms with Gasteiger partial charge in [-0.15, -0.1) is 0 Å². The lowest BCUT2D eigenvalue weighted by molar-refractivity contribution is -0.120. The van der Waals surface area contributed by atoms with Gasteiger partial charge in [-0.2, -0.15) is 0 Å². The van der Waals surface area contributed by atoms with Crippen LogP contribution < -0.4 is 11.1 Å². The molecule has 2 atom stereocenters. The molecule has 0 bridgehead atoms. The predicted octanol–water partition coefficient (Wildman–Crippen LogP) is 0.376. The van der Waals surface area contributed by atoms with E-state index in [1.165, 1.54) is 0 Å². The van der Waals surface area contributed by atoms with Crippen LogP contribution in [0, 0.1) is 0 Å². The van der Waals surface area contributed by atoms with Crippen LogP contribution in [0.2, 0.25) is 0 Å². The predicted molar refractivity (Wildman–Crippen MR) is 60.7 cm³/mol. The molecule has 2 rings (SSSR count). The Labute approximate surface area is 94.8 Å². The van der Waals surface area contributed by atoms with Crippen LogP contribution in [0.25, 0.3) is 0 Å². The summed E-state index contributed by atoms with van der Waals surface area (Å²) >= 11 is 0. The fraction of sp³-hybridized carbons (Fsp3) is 0.417. The molecule has 16 heavy (non-hydrogen) atoms. The van der Waals surface area contributed by atoms with E-state index in [1.54, 1.807) is 7.11 Å². The molecular formula is C12H16N2O2. The molecule has 0 radical (unpaired) electrons. The topological polar surface area (TPSA) is 64.3 Å². The van der Waals surface area contributed by atoms with Gasteiger partial charge in [0.2, 0.25) is 5.91 Å². The largest absolute Gasteiger partial charge is 0.372 e. The molecule has 0 spiro atoms. The van der Waals surface area contributed by atoms with Crippen molar-refractivity contribution < 1.29 is 9.53 Å². The number of methoxy groups -OCH3 is 1. The molecule has 4 heteroatoms. The molecule has 1 amide bonds. The minimum atomic E-state index is -0.430. The zero-order valence-electron chi connectivity index (χ0n) is 9.27. The van der Waals surface area contributed by atoms with E-state index in [-0.39, 0.29) is 11.9 Å². The molecule has 2 unspecified atom stereocenters. The molecule has 0 aliphatic carbocycles. The van der Waals surface area contributed by atoms with Gasteiger partial charge in [0.25, 0.3) is 0 Å². The van der Waals surface area contributed by atoms with Gasteiger partial charge in [-0.25, -0.2) is 0 Å². The normalized spacial score (nSPS) is 29.2. The maximum atomic E-state index is 11.1. The van der Waals surface area contributed by atoms with E-state index in [4.69, 9.17) is 10.5 Å². The molecule has 1 aliphatic rings. The average Bonchev–Trinajstić information content (AvgIpc) is 2.76. The second kappa shape index (κ2) is 4.23. The average molecular weight is 220 g/mol. The summed E-state index contributed by atoms with van der Waals surface area (Å²) in [6.07, 6.45) is 0.586. The standard InChI is InChI=1S/C12H16N2O2/c1-16-12(9-5-3-2-4-6-9)7-10(11(13)15)14-8-12/h2-6,10,14H,7-8H2,1H3,(H2,13,15). The van der Waals surface area contributed by atoms with E-state index in [1.807, 2.05) is 30.3 Å². The highest BCUT2D eigenvalue weighted by Gasteiger charge is 2.42. The van der Waals surface area contributed by atoms with Gasteiger partial charge in [0.05, 0.1) is 6.04 Å². The first-order valence-electron chi connectivity index (χ1n) is 5.31. The van der Waals surface area contributed by atoms with Gasteiger partial charge in [0.15, 0.2) is 0 Å². The van der Waals surface area contributed by atoms with Crippen LogP contribution in [0.1, 0.15) is 12.0 Å². The zero-order valence-corrected chi connectivity index (χ0v) is 9.27. The van der Waals surface area contributed by atoms with Crippen molar-refractivity contribution in [1.29, 1.82) is 0 Å². The molecule has 86 valence electrons. The summed E-state index contributed by atoms with van der Waals surface area (Å²) in [6, 6.07) is 9.60. The van der Waals surface area contributed by atoms with Crippen molar-refractivity contribution in [3.05, 3.63) is 35.9 Å². The Kier molecular flexibility index (Phi) is 2.94. The Morgan fingerprint density at radius 3 is 2.69 bits per heavy atom. The molecule has 4 nitrogen and oxygen atoms in total. The van der Waals surface area contributed by atoms with Crippen LogP contribution in [0.15, 0.2) is 30.3 Å². The third kappa shape index (κ3) is 1.81. The third-order valence-electron chi connectivity index (χ3n) is 3.20. The molecule has 1 aromatic carbocycles. The fourth-order valence-electron chi connectivity index (χ4n) is 2.20. The third-order valence-corrected chi connectivity index (χ3v) is 3.20. The lowest BCUT2D eigenvalue weighted by Crippen LogP contribution is -2.36. The Balaban J connectivity index is 2.26. The monoisotopic (exact) mass is 220 g/mol. The van der Waals surface area contributed by atoms with Crippen LogP contribution in [-0.2, 0) is 15.1 Å². The summed E-state index contributed by atoms with van der Waals surface area (Å²) in [4.78, 5) is 11.1. The van der Waals surface area contributed by atoms with Crippen LogP contribution in [0.5, 0.6) is 0 Å². The van der Waals surface area contributed by atoms with E-state index in [9.17, 15) is 4.79 Å². The molecule has 1 aliphatic heterocycles. The quantitative estimate of drug-likeness (QED) is 0.773. The summed E-state index contributed by atoms with van der Waals surface area (Å²) in [7, 11) is 1.66. The van der Waals surface area contributed by atoms with Gasteiger partial charge < -0.3 is 15.8 Å². The van der Waals surface area contributed by atoms with Crippen LogP contribution >= 0.6 is 0 Å². The second-order valence-electron chi connectivity index (χ2n) is 4.10. The van der Waals surface area contributed by atoms with Crippen molar-refractivity contribution >= 4 is 5.91 Å². The zero-order chi connectivity index (χ0) is 11.6. The van der Waals surface area contributed by atoms with E-state index in [0.29, 0.717) is 13.0 Å². The molecule has 1 saturated heterocycles. The van der Waals surface area contributed by atoms with Gasteiger partial charge >= 0.3 is 0 Å². The number of carbonyl (C=O) groups is 1. The van der Waals surface area contributed by atoms with Gasteiger partial charge in [-0.1, -0.05) is 30.3 Å². The Bertz CT molecular complexity index is 380. The Morgan fingerprint density at radius 1 is 1.50 bits per heavy atom. The number of nitrogens with one attached hydrogen (secondary N) is 1. The van der Waals surface area contributed by atoms with E-state index in [0.717, 1.165) is 5.56 Å². The minimum absolute atomic E-state index is 0.305. The number of rotatable bonds is 3. The van der Waals surface area contributed by atoms with Gasteiger partial charge in [-0.05, 0) is 5.56 Å². The Hall–Kier alpha value is -1.39. The minimum Gasteiger partial charge on any atom is -0.372 e. The number of hydrogen-bond acceptors (Lipinski definition) is 3. The van der Waals surface area contributed by atoms with Gasteiger partial charge in [0.1, 0.15) is 5.60 Å². The second-order valence-corrected chi connectivity index (χ2v) is 4.10. The van der Waals surface area contributed by atoms with Crippen LogP contribution in [0.4, 0.5) is 0 Å². The fourth-order valence-corrected chi connectivity index (χ4v) is 2.20. The lowest BCUT2D eigenvalue weighted by Gasteiger charge is -2.27.